The van der Waals surface area contributed by atoms with Crippen LogP contribution in [-0.2, 0) is 0 Å². The summed E-state index contributed by atoms with van der Waals surface area (Å²) in [6.07, 6.45) is 2.26. The monoisotopic (exact) mass is 205 g/mol. The fraction of sp³-hybridized carbons (Fsp3) is 0.538. The van der Waals surface area contributed by atoms with E-state index in [0.717, 1.165) is 13.0 Å². The molecule has 15 heavy (non-hydrogen) atoms. The molecule has 1 fully saturated rings. The second-order valence-corrected chi connectivity index (χ2v) is 4.48. The largest absolute Gasteiger partial charge is 0.395 e. The molecular weight excluding hydrogens is 186 g/mol. The van der Waals surface area contributed by atoms with E-state index in [1.807, 2.05) is 0 Å². The Morgan fingerprint density at radius 1 is 1.40 bits per heavy atom. The molecule has 1 saturated heterocycles. The van der Waals surface area contributed by atoms with E-state index < -0.39 is 0 Å². The smallest absolute Gasteiger partial charge is 0.0584 e. The van der Waals surface area contributed by atoms with E-state index >= 15 is 0 Å². The van der Waals surface area contributed by atoms with Crippen LogP contribution in [0.5, 0.6) is 0 Å². The van der Waals surface area contributed by atoms with Gasteiger partial charge in [0, 0.05) is 12.6 Å². The summed E-state index contributed by atoms with van der Waals surface area (Å²) in [6.45, 7) is 3.39. The highest BCUT2D eigenvalue weighted by molar-refractivity contribution is 5.26. The Balaban J connectivity index is 2.01. The van der Waals surface area contributed by atoms with Gasteiger partial charge < -0.3 is 10.4 Å². The lowest BCUT2D eigenvalue weighted by Gasteiger charge is -2.29. The van der Waals surface area contributed by atoms with E-state index in [4.69, 9.17) is 5.11 Å². The van der Waals surface area contributed by atoms with Crippen LogP contribution in [0.2, 0.25) is 0 Å². The Bertz CT molecular complexity index is 316. The first-order chi connectivity index (χ1) is 7.29. The van der Waals surface area contributed by atoms with E-state index in [1.165, 1.54) is 17.5 Å². The highest BCUT2D eigenvalue weighted by Crippen LogP contribution is 2.25. The number of hydrogen-bond donors (Lipinski definition) is 2. The maximum atomic E-state index is 9.03. The van der Waals surface area contributed by atoms with Crippen molar-refractivity contribution in [3.63, 3.8) is 0 Å². The molecule has 0 spiro atoms. The predicted octanol–water partition coefficient (Wildman–Crippen LogP) is 1.82. The van der Waals surface area contributed by atoms with Gasteiger partial charge in [0.05, 0.1) is 6.61 Å². The van der Waals surface area contributed by atoms with Crippen molar-refractivity contribution in [2.24, 2.45) is 0 Å². The lowest BCUT2D eigenvalue weighted by atomic mass is 9.88. The number of aliphatic hydroxyl groups excluding tert-OH is 1. The molecule has 2 N–H and O–H groups in total. The van der Waals surface area contributed by atoms with Crippen molar-refractivity contribution < 1.29 is 5.11 Å². The standard InChI is InChI=1S/C13H19NO/c1-10-3-2-4-11(7-10)12-5-6-13(9-15)14-8-12/h2-4,7,12-15H,5-6,8-9H2,1H3. The molecule has 0 bridgehead atoms. The van der Waals surface area contributed by atoms with Crippen molar-refractivity contribution in [2.45, 2.75) is 31.7 Å². The number of aryl methyl sites for hydroxylation is 1. The zero-order chi connectivity index (χ0) is 10.7. The molecule has 1 aromatic carbocycles. The number of hydrogen-bond acceptors (Lipinski definition) is 2. The minimum absolute atomic E-state index is 0.264. The van der Waals surface area contributed by atoms with Crippen LogP contribution in [0.15, 0.2) is 24.3 Å². The van der Waals surface area contributed by atoms with Gasteiger partial charge in [-0.1, -0.05) is 29.8 Å². The lowest BCUT2D eigenvalue weighted by molar-refractivity contribution is 0.213. The molecule has 82 valence electrons. The topological polar surface area (TPSA) is 32.3 Å². The maximum Gasteiger partial charge on any atom is 0.0584 e. The van der Waals surface area contributed by atoms with Gasteiger partial charge in [-0.05, 0) is 31.2 Å². The van der Waals surface area contributed by atoms with E-state index in [1.54, 1.807) is 0 Å². The summed E-state index contributed by atoms with van der Waals surface area (Å²) in [5, 5.41) is 12.4. The van der Waals surface area contributed by atoms with Crippen LogP contribution in [0.1, 0.15) is 29.9 Å². The van der Waals surface area contributed by atoms with Gasteiger partial charge in [0.1, 0.15) is 0 Å². The average Bonchev–Trinajstić information content (AvgIpc) is 2.29. The molecule has 1 aliphatic heterocycles. The van der Waals surface area contributed by atoms with Crippen LogP contribution < -0.4 is 5.32 Å². The predicted molar refractivity (Wildman–Crippen MR) is 62.0 cm³/mol. The van der Waals surface area contributed by atoms with Gasteiger partial charge in [0.2, 0.25) is 0 Å². The summed E-state index contributed by atoms with van der Waals surface area (Å²) < 4.78 is 0. The average molecular weight is 205 g/mol. The Hall–Kier alpha value is -0.860. The Morgan fingerprint density at radius 3 is 2.87 bits per heavy atom. The van der Waals surface area contributed by atoms with E-state index in [9.17, 15) is 0 Å². The summed E-state index contributed by atoms with van der Waals surface area (Å²) in [7, 11) is 0. The molecule has 2 nitrogen and oxygen atoms in total. The molecule has 2 rings (SSSR count). The van der Waals surface area contributed by atoms with Crippen molar-refractivity contribution in [1.82, 2.24) is 5.32 Å². The summed E-state index contributed by atoms with van der Waals surface area (Å²) in [6, 6.07) is 9.05. The number of piperidine rings is 1. The molecule has 2 unspecified atom stereocenters. The van der Waals surface area contributed by atoms with Crippen LogP contribution in [0.25, 0.3) is 0 Å². The van der Waals surface area contributed by atoms with Crippen LogP contribution in [0.3, 0.4) is 0 Å². The minimum Gasteiger partial charge on any atom is -0.395 e. The molecule has 1 heterocycles. The first-order valence-electron chi connectivity index (χ1n) is 5.70. The van der Waals surface area contributed by atoms with Crippen LogP contribution in [0.4, 0.5) is 0 Å². The van der Waals surface area contributed by atoms with Crippen LogP contribution in [0, 0.1) is 6.92 Å². The summed E-state index contributed by atoms with van der Waals surface area (Å²) in [5.74, 6) is 0.618. The van der Waals surface area contributed by atoms with Gasteiger partial charge in [-0.2, -0.15) is 0 Å². The quantitative estimate of drug-likeness (QED) is 0.772. The first kappa shape index (κ1) is 10.7. The summed E-state index contributed by atoms with van der Waals surface area (Å²) in [4.78, 5) is 0. The second-order valence-electron chi connectivity index (χ2n) is 4.48. The van der Waals surface area contributed by atoms with Gasteiger partial charge in [-0.15, -0.1) is 0 Å². The third kappa shape index (κ3) is 2.58. The highest BCUT2D eigenvalue weighted by Gasteiger charge is 2.20. The zero-order valence-electron chi connectivity index (χ0n) is 9.24. The summed E-state index contributed by atoms with van der Waals surface area (Å²) >= 11 is 0. The molecule has 1 aromatic rings. The molecule has 2 heteroatoms. The van der Waals surface area contributed by atoms with E-state index in [-0.39, 0.29) is 6.61 Å². The van der Waals surface area contributed by atoms with Crippen molar-refractivity contribution in [1.29, 1.82) is 0 Å². The Kier molecular flexibility index (Phi) is 3.39. The van der Waals surface area contributed by atoms with E-state index in [0.29, 0.717) is 12.0 Å². The maximum absolute atomic E-state index is 9.03. The third-order valence-corrected chi connectivity index (χ3v) is 3.25. The van der Waals surface area contributed by atoms with Gasteiger partial charge in [0.25, 0.3) is 0 Å². The van der Waals surface area contributed by atoms with Crippen molar-refractivity contribution in [2.75, 3.05) is 13.2 Å². The molecule has 0 saturated carbocycles. The minimum atomic E-state index is 0.264. The van der Waals surface area contributed by atoms with Crippen LogP contribution in [-0.4, -0.2) is 24.3 Å². The Morgan fingerprint density at radius 2 is 2.27 bits per heavy atom. The van der Waals surface area contributed by atoms with Gasteiger partial charge in [-0.3, -0.25) is 0 Å². The van der Waals surface area contributed by atoms with Crippen molar-refractivity contribution in [3.8, 4) is 0 Å². The van der Waals surface area contributed by atoms with Crippen molar-refractivity contribution in [3.05, 3.63) is 35.4 Å². The molecule has 0 amide bonds. The van der Waals surface area contributed by atoms with Crippen molar-refractivity contribution >= 4 is 0 Å². The first-order valence-corrected chi connectivity index (χ1v) is 5.70. The SMILES string of the molecule is Cc1cccc(C2CCC(CO)NC2)c1. The number of nitrogens with one attached hydrogen (secondary N) is 1. The Labute approximate surface area is 91.3 Å². The highest BCUT2D eigenvalue weighted by atomic mass is 16.3. The van der Waals surface area contributed by atoms with E-state index in [2.05, 4.69) is 36.5 Å². The summed E-state index contributed by atoms with van der Waals surface area (Å²) in [5.41, 5.74) is 2.76. The normalized spacial score (nSPS) is 26.5. The lowest BCUT2D eigenvalue weighted by Crippen LogP contribution is -2.40. The van der Waals surface area contributed by atoms with Gasteiger partial charge in [0.15, 0.2) is 0 Å². The molecule has 0 aromatic heterocycles. The van der Waals surface area contributed by atoms with Gasteiger partial charge in [-0.25, -0.2) is 0 Å². The molecule has 2 atom stereocenters. The van der Waals surface area contributed by atoms with Gasteiger partial charge >= 0.3 is 0 Å². The zero-order valence-corrected chi connectivity index (χ0v) is 9.24. The number of aliphatic hydroxyl groups is 1. The molecular formula is C13H19NO. The fourth-order valence-electron chi connectivity index (χ4n) is 2.28. The molecule has 0 radical (unpaired) electrons. The molecule has 1 aliphatic rings. The third-order valence-electron chi connectivity index (χ3n) is 3.25. The number of rotatable bonds is 2. The van der Waals surface area contributed by atoms with Crippen LogP contribution >= 0.6 is 0 Å². The fourth-order valence-corrected chi connectivity index (χ4v) is 2.28. The molecule has 0 aliphatic carbocycles. The number of benzene rings is 1. The second kappa shape index (κ2) is 4.77.